The van der Waals surface area contributed by atoms with Crippen molar-refractivity contribution in [2.45, 2.75) is 6.18 Å². The zero-order valence-electron chi connectivity index (χ0n) is 9.34. The number of benzene rings is 1. The van der Waals surface area contributed by atoms with E-state index in [-0.39, 0.29) is 11.4 Å². The number of carbonyl (C=O) groups is 2. The van der Waals surface area contributed by atoms with Crippen molar-refractivity contribution in [1.82, 2.24) is 0 Å². The third-order valence-corrected chi connectivity index (χ3v) is 1.95. The standard InChI is InChI=1S/C10H9F4N3O2/c11-5-1-2-6(17-9(19)10(12,13)14)7(3-5)16-8(18)4-15/h1-3H,4,15H2,(H,16,18)(H,17,19). The predicted molar refractivity (Wildman–Crippen MR) is 58.8 cm³/mol. The van der Waals surface area contributed by atoms with E-state index in [1.807, 2.05) is 0 Å². The zero-order valence-corrected chi connectivity index (χ0v) is 9.34. The van der Waals surface area contributed by atoms with E-state index in [1.54, 1.807) is 0 Å². The van der Waals surface area contributed by atoms with Crippen molar-refractivity contribution >= 4 is 23.2 Å². The number of rotatable bonds is 3. The van der Waals surface area contributed by atoms with E-state index >= 15 is 0 Å². The SMILES string of the molecule is NCC(=O)Nc1cc(F)ccc1NC(=O)C(F)(F)F. The molecule has 0 radical (unpaired) electrons. The molecule has 0 saturated carbocycles. The van der Waals surface area contributed by atoms with Gasteiger partial charge in [-0.25, -0.2) is 4.39 Å². The van der Waals surface area contributed by atoms with Gasteiger partial charge in [0.2, 0.25) is 5.91 Å². The van der Waals surface area contributed by atoms with E-state index in [2.05, 4.69) is 5.32 Å². The lowest BCUT2D eigenvalue weighted by molar-refractivity contribution is -0.167. The Morgan fingerprint density at radius 2 is 1.79 bits per heavy atom. The first-order chi connectivity index (χ1) is 8.74. The fourth-order valence-electron chi connectivity index (χ4n) is 1.12. The second kappa shape index (κ2) is 5.65. The molecule has 0 bridgehead atoms. The number of carbonyl (C=O) groups excluding carboxylic acids is 2. The van der Waals surface area contributed by atoms with Gasteiger partial charge in [0, 0.05) is 0 Å². The number of amides is 2. The molecule has 0 aliphatic heterocycles. The molecule has 0 aliphatic carbocycles. The molecule has 0 atom stereocenters. The van der Waals surface area contributed by atoms with E-state index < -0.39 is 30.4 Å². The molecular weight excluding hydrogens is 270 g/mol. The van der Waals surface area contributed by atoms with E-state index in [0.717, 1.165) is 18.2 Å². The van der Waals surface area contributed by atoms with Crippen LogP contribution in [-0.2, 0) is 9.59 Å². The molecule has 0 unspecified atom stereocenters. The highest BCUT2D eigenvalue weighted by Crippen LogP contribution is 2.25. The summed E-state index contributed by atoms with van der Waals surface area (Å²) in [6.07, 6.45) is -5.09. The van der Waals surface area contributed by atoms with Crippen LogP contribution >= 0.6 is 0 Å². The summed E-state index contributed by atoms with van der Waals surface area (Å²) < 4.78 is 49.2. The lowest BCUT2D eigenvalue weighted by Gasteiger charge is -2.13. The van der Waals surface area contributed by atoms with Gasteiger partial charge < -0.3 is 16.4 Å². The predicted octanol–water partition coefficient (Wildman–Crippen LogP) is 1.22. The highest BCUT2D eigenvalue weighted by molar-refractivity contribution is 6.01. The molecule has 1 aromatic carbocycles. The average molecular weight is 279 g/mol. The van der Waals surface area contributed by atoms with Crippen LogP contribution in [0.3, 0.4) is 0 Å². The van der Waals surface area contributed by atoms with Gasteiger partial charge >= 0.3 is 12.1 Å². The smallest absolute Gasteiger partial charge is 0.323 e. The van der Waals surface area contributed by atoms with Gasteiger partial charge in [0.15, 0.2) is 0 Å². The van der Waals surface area contributed by atoms with Gasteiger partial charge in [0.05, 0.1) is 17.9 Å². The summed E-state index contributed by atoms with van der Waals surface area (Å²) in [6, 6.07) is 2.49. The maximum atomic E-state index is 13.0. The molecule has 0 saturated heterocycles. The third-order valence-electron chi connectivity index (χ3n) is 1.95. The molecule has 0 heterocycles. The Bertz CT molecular complexity index is 502. The zero-order chi connectivity index (χ0) is 14.6. The maximum absolute atomic E-state index is 13.0. The van der Waals surface area contributed by atoms with Crippen LogP contribution in [-0.4, -0.2) is 24.5 Å². The lowest BCUT2D eigenvalue weighted by Crippen LogP contribution is -2.30. The van der Waals surface area contributed by atoms with Crippen molar-refractivity contribution in [2.75, 3.05) is 17.2 Å². The van der Waals surface area contributed by atoms with Gasteiger partial charge in [0.25, 0.3) is 0 Å². The number of nitrogens with one attached hydrogen (secondary N) is 2. The first kappa shape index (κ1) is 14.9. The Morgan fingerprint density at radius 1 is 1.16 bits per heavy atom. The van der Waals surface area contributed by atoms with Crippen LogP contribution in [0, 0.1) is 5.82 Å². The Kier molecular flexibility index (Phi) is 4.43. The Labute approximate surface area is 104 Å². The fraction of sp³-hybridized carbons (Fsp3) is 0.200. The van der Waals surface area contributed by atoms with Crippen LogP contribution in [0.5, 0.6) is 0 Å². The fourth-order valence-corrected chi connectivity index (χ4v) is 1.12. The topological polar surface area (TPSA) is 84.2 Å². The van der Waals surface area contributed by atoms with E-state index in [9.17, 15) is 27.2 Å². The molecule has 0 fully saturated rings. The quantitative estimate of drug-likeness (QED) is 0.727. The van der Waals surface area contributed by atoms with Gasteiger partial charge in [-0.15, -0.1) is 0 Å². The molecule has 1 rings (SSSR count). The summed E-state index contributed by atoms with van der Waals surface area (Å²) in [6.45, 7) is -0.441. The van der Waals surface area contributed by atoms with Crippen molar-refractivity contribution in [1.29, 1.82) is 0 Å². The van der Waals surface area contributed by atoms with Crippen LogP contribution in [0.15, 0.2) is 18.2 Å². The molecule has 1 aromatic rings. The van der Waals surface area contributed by atoms with Crippen molar-refractivity contribution < 1.29 is 27.2 Å². The summed E-state index contributed by atoms with van der Waals surface area (Å²) in [5, 5.41) is 3.59. The van der Waals surface area contributed by atoms with Crippen LogP contribution < -0.4 is 16.4 Å². The molecule has 104 valence electrons. The van der Waals surface area contributed by atoms with Crippen LogP contribution in [0.1, 0.15) is 0 Å². The number of hydrogen-bond donors (Lipinski definition) is 3. The monoisotopic (exact) mass is 279 g/mol. The minimum Gasteiger partial charge on any atom is -0.323 e. The normalized spacial score (nSPS) is 11.0. The highest BCUT2D eigenvalue weighted by Gasteiger charge is 2.39. The third kappa shape index (κ3) is 4.21. The number of anilines is 2. The van der Waals surface area contributed by atoms with E-state index in [1.165, 1.54) is 5.32 Å². The van der Waals surface area contributed by atoms with Gasteiger partial charge in [-0.3, -0.25) is 9.59 Å². The summed E-state index contributed by atoms with van der Waals surface area (Å²) in [5.74, 6) is -3.77. The van der Waals surface area contributed by atoms with Crippen LogP contribution in [0.2, 0.25) is 0 Å². The Hall–Kier alpha value is -2.16. The minimum atomic E-state index is -5.09. The van der Waals surface area contributed by atoms with Crippen molar-refractivity contribution in [3.8, 4) is 0 Å². The second-order valence-corrected chi connectivity index (χ2v) is 3.39. The first-order valence-electron chi connectivity index (χ1n) is 4.91. The second-order valence-electron chi connectivity index (χ2n) is 3.39. The summed E-state index contributed by atoms with van der Waals surface area (Å²) in [4.78, 5) is 21.8. The number of halogens is 4. The van der Waals surface area contributed by atoms with Gasteiger partial charge in [-0.1, -0.05) is 0 Å². The molecule has 2 amide bonds. The molecule has 4 N–H and O–H groups in total. The molecular formula is C10H9F4N3O2. The van der Waals surface area contributed by atoms with Gasteiger partial charge in [-0.2, -0.15) is 13.2 Å². The average Bonchev–Trinajstić information content (AvgIpc) is 2.31. The summed E-state index contributed by atoms with van der Waals surface area (Å²) in [7, 11) is 0. The minimum absolute atomic E-state index is 0.312. The van der Waals surface area contributed by atoms with Crippen molar-refractivity contribution in [2.24, 2.45) is 5.73 Å². The van der Waals surface area contributed by atoms with Crippen molar-refractivity contribution in [3.05, 3.63) is 24.0 Å². The van der Waals surface area contributed by atoms with Crippen molar-refractivity contribution in [3.63, 3.8) is 0 Å². The summed E-state index contributed by atoms with van der Waals surface area (Å²) >= 11 is 0. The highest BCUT2D eigenvalue weighted by atomic mass is 19.4. The molecule has 0 spiro atoms. The lowest BCUT2D eigenvalue weighted by atomic mass is 10.2. The van der Waals surface area contributed by atoms with E-state index in [4.69, 9.17) is 5.73 Å². The van der Waals surface area contributed by atoms with Gasteiger partial charge in [-0.05, 0) is 18.2 Å². The maximum Gasteiger partial charge on any atom is 0.471 e. The first-order valence-corrected chi connectivity index (χ1v) is 4.91. The van der Waals surface area contributed by atoms with Gasteiger partial charge in [0.1, 0.15) is 5.82 Å². The van der Waals surface area contributed by atoms with Crippen LogP contribution in [0.4, 0.5) is 28.9 Å². The Balaban J connectivity index is 3.00. The number of hydrogen-bond acceptors (Lipinski definition) is 3. The largest absolute Gasteiger partial charge is 0.471 e. The van der Waals surface area contributed by atoms with Crippen LogP contribution in [0.25, 0.3) is 0 Å². The molecule has 19 heavy (non-hydrogen) atoms. The summed E-state index contributed by atoms with van der Waals surface area (Å²) in [5.41, 5.74) is 4.31. The number of nitrogens with two attached hydrogens (primary N) is 1. The molecule has 5 nitrogen and oxygen atoms in total. The molecule has 0 aromatic heterocycles. The van der Waals surface area contributed by atoms with E-state index in [0.29, 0.717) is 0 Å². The molecule has 0 aliphatic rings. The number of alkyl halides is 3. The molecule has 9 heteroatoms. The Morgan fingerprint density at radius 3 is 2.32 bits per heavy atom.